The molecular formula is C18H19FN2O3S. The zero-order valence-corrected chi connectivity index (χ0v) is 14.6. The molecule has 132 valence electrons. The summed E-state index contributed by atoms with van der Waals surface area (Å²) in [6.45, 7) is 2.83. The normalized spacial score (nSPS) is 15.3. The summed E-state index contributed by atoms with van der Waals surface area (Å²) in [5, 5.41) is 2.64. The lowest BCUT2D eigenvalue weighted by molar-refractivity contribution is 0.102. The van der Waals surface area contributed by atoms with Gasteiger partial charge in [-0.05, 0) is 61.7 Å². The monoisotopic (exact) mass is 362 g/mol. The van der Waals surface area contributed by atoms with E-state index in [0.29, 0.717) is 24.3 Å². The summed E-state index contributed by atoms with van der Waals surface area (Å²) in [6, 6.07) is 9.95. The van der Waals surface area contributed by atoms with Gasteiger partial charge >= 0.3 is 0 Å². The molecule has 2 aromatic rings. The van der Waals surface area contributed by atoms with Crippen LogP contribution in [0.25, 0.3) is 0 Å². The number of hydrogen-bond donors (Lipinski definition) is 1. The van der Waals surface area contributed by atoms with Crippen LogP contribution in [0, 0.1) is 12.7 Å². The van der Waals surface area contributed by atoms with Gasteiger partial charge < -0.3 is 5.32 Å². The van der Waals surface area contributed by atoms with E-state index >= 15 is 0 Å². The third-order valence-electron chi connectivity index (χ3n) is 4.27. The van der Waals surface area contributed by atoms with Gasteiger partial charge in [0.05, 0.1) is 4.90 Å². The maximum atomic E-state index is 13.3. The zero-order valence-electron chi connectivity index (χ0n) is 13.8. The fourth-order valence-electron chi connectivity index (χ4n) is 2.78. The van der Waals surface area contributed by atoms with Gasteiger partial charge in [0.1, 0.15) is 5.82 Å². The number of sulfonamides is 1. The van der Waals surface area contributed by atoms with Crippen molar-refractivity contribution in [1.82, 2.24) is 4.31 Å². The Labute approximate surface area is 146 Å². The molecule has 1 heterocycles. The van der Waals surface area contributed by atoms with Crippen LogP contribution < -0.4 is 5.32 Å². The van der Waals surface area contributed by atoms with Gasteiger partial charge in [-0.3, -0.25) is 4.79 Å². The third kappa shape index (κ3) is 3.72. The molecule has 1 N–H and O–H groups in total. The van der Waals surface area contributed by atoms with Crippen molar-refractivity contribution >= 4 is 21.6 Å². The van der Waals surface area contributed by atoms with Crippen LogP contribution in [0.15, 0.2) is 47.4 Å². The van der Waals surface area contributed by atoms with Crippen LogP contribution in [0.5, 0.6) is 0 Å². The summed E-state index contributed by atoms with van der Waals surface area (Å²) >= 11 is 0. The Morgan fingerprint density at radius 2 is 1.72 bits per heavy atom. The molecule has 1 aliphatic heterocycles. The van der Waals surface area contributed by atoms with Gasteiger partial charge in [0.15, 0.2) is 0 Å². The molecule has 0 aromatic heterocycles. The lowest BCUT2D eigenvalue weighted by atomic mass is 10.1. The molecule has 0 atom stereocenters. The van der Waals surface area contributed by atoms with Crippen molar-refractivity contribution < 1.29 is 17.6 Å². The maximum absolute atomic E-state index is 13.3. The first-order chi connectivity index (χ1) is 11.9. The molecule has 1 fully saturated rings. The lowest BCUT2D eigenvalue weighted by Gasteiger charge is -2.15. The molecular weight excluding hydrogens is 343 g/mol. The highest BCUT2D eigenvalue weighted by Crippen LogP contribution is 2.22. The van der Waals surface area contributed by atoms with E-state index in [2.05, 4.69) is 5.32 Å². The maximum Gasteiger partial charge on any atom is 0.255 e. The lowest BCUT2D eigenvalue weighted by Crippen LogP contribution is -2.27. The van der Waals surface area contributed by atoms with Crippen molar-refractivity contribution in [1.29, 1.82) is 0 Å². The minimum Gasteiger partial charge on any atom is -0.322 e. The minimum atomic E-state index is -3.50. The van der Waals surface area contributed by atoms with Gasteiger partial charge in [-0.25, -0.2) is 12.8 Å². The highest BCUT2D eigenvalue weighted by Gasteiger charge is 2.27. The first-order valence-corrected chi connectivity index (χ1v) is 9.50. The van der Waals surface area contributed by atoms with Crippen molar-refractivity contribution in [3.63, 3.8) is 0 Å². The van der Waals surface area contributed by atoms with Crippen molar-refractivity contribution in [2.75, 3.05) is 18.4 Å². The number of nitrogens with one attached hydrogen (secondary N) is 1. The number of aryl methyl sites for hydroxylation is 1. The molecule has 0 bridgehead atoms. The fourth-order valence-corrected chi connectivity index (χ4v) is 4.30. The molecule has 0 spiro atoms. The zero-order chi connectivity index (χ0) is 18.0. The first kappa shape index (κ1) is 17.6. The van der Waals surface area contributed by atoms with Gasteiger partial charge in [-0.2, -0.15) is 4.31 Å². The molecule has 1 amide bonds. The molecule has 0 unspecified atom stereocenters. The van der Waals surface area contributed by atoms with Crippen LogP contribution >= 0.6 is 0 Å². The Kier molecular flexibility index (Phi) is 4.87. The van der Waals surface area contributed by atoms with Crippen LogP contribution in [0.1, 0.15) is 28.8 Å². The van der Waals surface area contributed by atoms with Crippen LogP contribution in [-0.2, 0) is 10.0 Å². The minimum absolute atomic E-state index is 0.174. The Bertz CT molecular complexity index is 889. The smallest absolute Gasteiger partial charge is 0.255 e. The predicted octanol–water partition coefficient (Wildman–Crippen LogP) is 3.17. The van der Waals surface area contributed by atoms with E-state index in [4.69, 9.17) is 0 Å². The highest BCUT2D eigenvalue weighted by molar-refractivity contribution is 7.89. The number of nitrogens with zero attached hydrogens (tertiary/aromatic N) is 1. The van der Waals surface area contributed by atoms with E-state index in [0.717, 1.165) is 18.4 Å². The topological polar surface area (TPSA) is 66.5 Å². The highest BCUT2D eigenvalue weighted by atomic mass is 32.2. The molecule has 5 nitrogen and oxygen atoms in total. The van der Waals surface area contributed by atoms with Crippen LogP contribution in [0.4, 0.5) is 10.1 Å². The standard InChI is InChI=1S/C18H19FN2O3S/c1-13-4-7-15(19)12-17(13)20-18(22)14-5-8-16(9-6-14)25(23,24)21-10-2-3-11-21/h4-9,12H,2-3,10-11H2,1H3,(H,20,22). The molecule has 3 rings (SSSR count). The molecule has 1 saturated heterocycles. The van der Waals surface area contributed by atoms with Gasteiger partial charge in [0, 0.05) is 24.3 Å². The van der Waals surface area contributed by atoms with Gasteiger partial charge in [0.2, 0.25) is 10.0 Å². The quantitative estimate of drug-likeness (QED) is 0.908. The van der Waals surface area contributed by atoms with Crippen molar-refractivity contribution in [2.45, 2.75) is 24.7 Å². The summed E-state index contributed by atoms with van der Waals surface area (Å²) in [7, 11) is -3.50. The molecule has 25 heavy (non-hydrogen) atoms. The molecule has 7 heteroatoms. The fraction of sp³-hybridized carbons (Fsp3) is 0.278. The SMILES string of the molecule is Cc1ccc(F)cc1NC(=O)c1ccc(S(=O)(=O)N2CCCC2)cc1. The second-order valence-corrected chi connectivity index (χ2v) is 7.99. The van der Waals surface area contributed by atoms with Crippen molar-refractivity contribution in [3.05, 3.63) is 59.4 Å². The van der Waals surface area contributed by atoms with Gasteiger partial charge in [-0.1, -0.05) is 6.07 Å². The molecule has 2 aromatic carbocycles. The average Bonchev–Trinajstić information content (AvgIpc) is 3.13. The largest absolute Gasteiger partial charge is 0.322 e. The Balaban J connectivity index is 1.78. The Hall–Kier alpha value is -2.25. The summed E-state index contributed by atoms with van der Waals surface area (Å²) in [5.74, 6) is -0.855. The van der Waals surface area contributed by atoms with E-state index in [1.165, 1.54) is 40.7 Å². The number of carbonyl (C=O) groups excluding carboxylic acids is 1. The summed E-state index contributed by atoms with van der Waals surface area (Å²) in [5.41, 5.74) is 1.44. The van der Waals surface area contributed by atoms with Crippen molar-refractivity contribution in [3.8, 4) is 0 Å². The third-order valence-corrected chi connectivity index (χ3v) is 6.18. The number of rotatable bonds is 4. The number of benzene rings is 2. The second-order valence-electron chi connectivity index (χ2n) is 6.05. The number of carbonyl (C=O) groups is 1. The summed E-state index contributed by atoms with van der Waals surface area (Å²) in [6.07, 6.45) is 1.74. The number of amides is 1. The molecule has 0 aliphatic carbocycles. The van der Waals surface area contributed by atoms with E-state index in [1.54, 1.807) is 13.0 Å². The molecule has 0 saturated carbocycles. The summed E-state index contributed by atoms with van der Waals surface area (Å²) < 4.78 is 39.7. The first-order valence-electron chi connectivity index (χ1n) is 8.05. The van der Waals surface area contributed by atoms with Gasteiger partial charge in [-0.15, -0.1) is 0 Å². The number of hydrogen-bond acceptors (Lipinski definition) is 3. The second kappa shape index (κ2) is 6.93. The Morgan fingerprint density at radius 1 is 1.08 bits per heavy atom. The van der Waals surface area contributed by atoms with E-state index in [1.807, 2.05) is 0 Å². The number of anilines is 1. The molecule has 0 radical (unpaired) electrons. The Morgan fingerprint density at radius 3 is 2.36 bits per heavy atom. The molecule has 1 aliphatic rings. The van der Waals surface area contributed by atoms with E-state index in [-0.39, 0.29) is 4.90 Å². The predicted molar refractivity (Wildman–Crippen MR) is 93.5 cm³/mol. The average molecular weight is 362 g/mol. The van der Waals surface area contributed by atoms with Crippen LogP contribution in [-0.4, -0.2) is 31.7 Å². The van der Waals surface area contributed by atoms with Crippen LogP contribution in [0.3, 0.4) is 0 Å². The van der Waals surface area contributed by atoms with E-state index < -0.39 is 21.7 Å². The van der Waals surface area contributed by atoms with Crippen molar-refractivity contribution in [2.24, 2.45) is 0 Å². The number of halogens is 1. The van der Waals surface area contributed by atoms with E-state index in [9.17, 15) is 17.6 Å². The summed E-state index contributed by atoms with van der Waals surface area (Å²) in [4.78, 5) is 12.5. The van der Waals surface area contributed by atoms with Gasteiger partial charge in [0.25, 0.3) is 5.91 Å². The van der Waals surface area contributed by atoms with Crippen LogP contribution in [0.2, 0.25) is 0 Å².